The number of aromatic amines is 1. The number of hydrogen-bond donors (Lipinski definition) is 4. The van der Waals surface area contributed by atoms with Crippen LogP contribution in [0.2, 0.25) is 0 Å². The van der Waals surface area contributed by atoms with E-state index < -0.39 is 6.09 Å². The molecule has 5 rings (SSSR count). The number of methoxy groups -OCH3 is 2. The number of aryl methyl sites for hydroxylation is 2. The van der Waals surface area contributed by atoms with Crippen LogP contribution in [0.5, 0.6) is 0 Å². The maximum Gasteiger partial charge on any atom is 0.411 e. The Kier molecular flexibility index (Phi) is 7.94. The van der Waals surface area contributed by atoms with Gasteiger partial charge in [0, 0.05) is 49.3 Å². The van der Waals surface area contributed by atoms with Crippen molar-refractivity contribution in [2.45, 2.75) is 25.3 Å². The standard InChI is InChI=1S/C19H19N7O3.C6H11NO2/c1-25-10-12(8-21-25)11-4-13(6-14(5-11)23-19(28)29-3)22-17-7-15-16(9-20-17)26(2)18(27)24-15;1-9-6(8)7-5-3-2-4-5/h4-10H,1-3H3,(H,20,22)(H,23,28)(H,24,27);5H,2-4H2,1H3,(H,7,8). The Morgan fingerprint density at radius 3 is 2.37 bits per heavy atom. The highest BCUT2D eigenvalue weighted by Gasteiger charge is 2.19. The lowest BCUT2D eigenvalue weighted by Gasteiger charge is -2.25. The first-order chi connectivity index (χ1) is 18.2. The van der Waals surface area contributed by atoms with Crippen molar-refractivity contribution in [2.24, 2.45) is 14.1 Å². The summed E-state index contributed by atoms with van der Waals surface area (Å²) in [7, 11) is 6.20. The smallest absolute Gasteiger partial charge is 0.411 e. The summed E-state index contributed by atoms with van der Waals surface area (Å²) in [6.07, 6.45) is 7.80. The van der Waals surface area contributed by atoms with Crippen LogP contribution in [0.15, 0.2) is 47.7 Å². The van der Waals surface area contributed by atoms with Gasteiger partial charge >= 0.3 is 17.9 Å². The molecule has 1 aromatic carbocycles. The molecular weight excluding hydrogens is 492 g/mol. The van der Waals surface area contributed by atoms with E-state index in [2.05, 4.69) is 40.5 Å². The highest BCUT2D eigenvalue weighted by molar-refractivity contribution is 5.88. The first kappa shape index (κ1) is 26.3. The minimum absolute atomic E-state index is 0.206. The fourth-order valence-electron chi connectivity index (χ4n) is 3.80. The number of rotatable bonds is 5. The number of benzene rings is 1. The Labute approximate surface area is 218 Å². The zero-order valence-corrected chi connectivity index (χ0v) is 21.6. The van der Waals surface area contributed by atoms with Crippen LogP contribution in [-0.4, -0.2) is 56.8 Å². The first-order valence-corrected chi connectivity index (χ1v) is 11.9. The fraction of sp³-hybridized carbons (Fsp3) is 0.320. The van der Waals surface area contributed by atoms with Crippen LogP contribution in [0.25, 0.3) is 22.2 Å². The second-order valence-corrected chi connectivity index (χ2v) is 8.78. The average Bonchev–Trinajstić information content (AvgIpc) is 3.43. The van der Waals surface area contributed by atoms with E-state index in [0.29, 0.717) is 34.3 Å². The average molecular weight is 523 g/mol. The van der Waals surface area contributed by atoms with Gasteiger partial charge in [-0.3, -0.25) is 14.6 Å². The van der Waals surface area contributed by atoms with Gasteiger partial charge in [-0.2, -0.15) is 5.10 Å². The molecule has 1 aliphatic rings. The molecule has 1 aliphatic carbocycles. The summed E-state index contributed by atoms with van der Waals surface area (Å²) in [5.74, 6) is 0.548. The number of pyridine rings is 1. The van der Waals surface area contributed by atoms with Gasteiger partial charge in [0.2, 0.25) is 0 Å². The van der Waals surface area contributed by atoms with Crippen molar-refractivity contribution in [1.82, 2.24) is 29.6 Å². The Bertz CT molecular complexity index is 1500. The van der Waals surface area contributed by atoms with E-state index in [1.807, 2.05) is 25.4 Å². The van der Waals surface area contributed by atoms with Gasteiger partial charge in [-0.25, -0.2) is 19.4 Å². The Hall–Kier alpha value is -4.81. The number of hydrogen-bond acceptors (Lipinski definition) is 8. The van der Waals surface area contributed by atoms with Crippen molar-refractivity contribution in [3.8, 4) is 11.1 Å². The van der Waals surface area contributed by atoms with Crippen molar-refractivity contribution < 1.29 is 19.1 Å². The predicted molar refractivity (Wildman–Crippen MR) is 142 cm³/mol. The van der Waals surface area contributed by atoms with Crippen molar-refractivity contribution in [3.63, 3.8) is 0 Å². The molecule has 4 aromatic rings. The third-order valence-corrected chi connectivity index (χ3v) is 6.08. The lowest BCUT2D eigenvalue weighted by Crippen LogP contribution is -2.39. The van der Waals surface area contributed by atoms with E-state index in [-0.39, 0.29) is 11.8 Å². The van der Waals surface area contributed by atoms with E-state index >= 15 is 0 Å². The third-order valence-electron chi connectivity index (χ3n) is 6.08. The Morgan fingerprint density at radius 2 is 1.74 bits per heavy atom. The van der Waals surface area contributed by atoms with Crippen LogP contribution >= 0.6 is 0 Å². The number of fused-ring (bicyclic) bond motifs is 1. The monoisotopic (exact) mass is 522 g/mol. The van der Waals surface area contributed by atoms with Gasteiger partial charge < -0.3 is 25.1 Å². The van der Waals surface area contributed by atoms with E-state index in [1.54, 1.807) is 36.3 Å². The van der Waals surface area contributed by atoms with Crippen LogP contribution in [0.3, 0.4) is 0 Å². The van der Waals surface area contributed by atoms with E-state index in [1.165, 1.54) is 25.2 Å². The van der Waals surface area contributed by atoms with Crippen LogP contribution in [0.1, 0.15) is 19.3 Å². The molecule has 200 valence electrons. The second kappa shape index (κ2) is 11.5. The van der Waals surface area contributed by atoms with Crippen LogP contribution in [0.4, 0.5) is 26.8 Å². The van der Waals surface area contributed by atoms with Crippen LogP contribution in [0, 0.1) is 0 Å². The lowest BCUT2D eigenvalue weighted by molar-refractivity contribution is 0.159. The number of H-pyrrole nitrogens is 1. The topological polar surface area (TPSA) is 157 Å². The number of alkyl carbamates (subject to hydrolysis) is 1. The van der Waals surface area contributed by atoms with Gasteiger partial charge in [0.15, 0.2) is 0 Å². The van der Waals surface area contributed by atoms with E-state index in [9.17, 15) is 14.4 Å². The predicted octanol–water partition coefficient (Wildman–Crippen LogP) is 3.48. The zero-order chi connectivity index (χ0) is 27.2. The number of amides is 2. The summed E-state index contributed by atoms with van der Waals surface area (Å²) in [5, 5.41) is 12.8. The summed E-state index contributed by atoms with van der Waals surface area (Å²) in [6.45, 7) is 0. The summed E-state index contributed by atoms with van der Waals surface area (Å²) in [5.41, 5.74) is 4.16. The maximum absolute atomic E-state index is 11.8. The minimum Gasteiger partial charge on any atom is -0.453 e. The first-order valence-electron chi connectivity index (χ1n) is 11.9. The molecule has 0 spiro atoms. The molecule has 0 aliphatic heterocycles. The molecule has 1 saturated carbocycles. The molecule has 0 atom stereocenters. The molecule has 1 fully saturated rings. The minimum atomic E-state index is -0.569. The highest BCUT2D eigenvalue weighted by Crippen LogP contribution is 2.29. The van der Waals surface area contributed by atoms with Crippen molar-refractivity contribution in [2.75, 3.05) is 24.9 Å². The number of ether oxygens (including phenoxy) is 2. The quantitative estimate of drug-likeness (QED) is 0.310. The van der Waals surface area contributed by atoms with Gasteiger partial charge in [0.05, 0.1) is 37.6 Å². The molecule has 2 amide bonds. The molecule has 0 radical (unpaired) electrons. The van der Waals surface area contributed by atoms with Crippen molar-refractivity contribution >= 4 is 40.4 Å². The van der Waals surface area contributed by atoms with Gasteiger partial charge in [0.25, 0.3) is 0 Å². The summed E-state index contributed by atoms with van der Waals surface area (Å²) >= 11 is 0. The Balaban J connectivity index is 0.000000317. The van der Waals surface area contributed by atoms with Gasteiger partial charge in [-0.05, 0) is 43.0 Å². The number of carbonyl (C=O) groups is 2. The van der Waals surface area contributed by atoms with Gasteiger partial charge in [-0.15, -0.1) is 0 Å². The molecule has 3 heterocycles. The largest absolute Gasteiger partial charge is 0.453 e. The van der Waals surface area contributed by atoms with Crippen molar-refractivity contribution in [3.05, 3.63) is 53.3 Å². The molecule has 0 bridgehead atoms. The van der Waals surface area contributed by atoms with Crippen molar-refractivity contribution in [1.29, 1.82) is 0 Å². The number of imidazole rings is 1. The number of nitrogens with one attached hydrogen (secondary N) is 4. The van der Waals surface area contributed by atoms with Gasteiger partial charge in [-0.1, -0.05) is 0 Å². The Morgan fingerprint density at radius 1 is 1.00 bits per heavy atom. The van der Waals surface area contributed by atoms with E-state index in [0.717, 1.165) is 24.0 Å². The normalized spacial score (nSPS) is 12.6. The molecular formula is C25H30N8O5. The molecule has 3 aromatic heterocycles. The van der Waals surface area contributed by atoms with E-state index in [4.69, 9.17) is 0 Å². The van der Waals surface area contributed by atoms with Crippen LogP contribution in [-0.2, 0) is 23.6 Å². The molecule has 0 saturated heterocycles. The zero-order valence-electron chi connectivity index (χ0n) is 21.6. The molecule has 4 N–H and O–H groups in total. The number of carbonyl (C=O) groups excluding carboxylic acids is 2. The third kappa shape index (κ3) is 6.30. The summed E-state index contributed by atoms with van der Waals surface area (Å²) in [4.78, 5) is 41.1. The van der Waals surface area contributed by atoms with Gasteiger partial charge in [0.1, 0.15) is 5.82 Å². The SMILES string of the molecule is COC(=O)NC1CCC1.COC(=O)Nc1cc(Nc2cc3[nH]c(=O)n(C)c3cn2)cc(-c2cnn(C)c2)c1. The van der Waals surface area contributed by atoms with Crippen LogP contribution < -0.4 is 21.6 Å². The highest BCUT2D eigenvalue weighted by atomic mass is 16.5. The molecule has 0 unspecified atom stereocenters. The molecule has 13 heteroatoms. The number of anilines is 3. The fourth-order valence-corrected chi connectivity index (χ4v) is 3.80. The molecule has 38 heavy (non-hydrogen) atoms. The maximum atomic E-state index is 11.8. The lowest BCUT2D eigenvalue weighted by atomic mass is 9.93. The summed E-state index contributed by atoms with van der Waals surface area (Å²) < 4.78 is 12.3. The molecule has 13 nitrogen and oxygen atoms in total. The summed E-state index contributed by atoms with van der Waals surface area (Å²) in [6, 6.07) is 7.64. The number of nitrogens with zero attached hydrogens (tertiary/aromatic N) is 4. The number of aromatic nitrogens is 5. The second-order valence-electron chi connectivity index (χ2n) is 8.78.